The molecule has 2 aromatic carbocycles. The maximum Gasteiger partial charge on any atom is 0.419 e. The van der Waals surface area contributed by atoms with Crippen LogP contribution in [0.3, 0.4) is 0 Å². The van der Waals surface area contributed by atoms with Gasteiger partial charge >= 0.3 is 6.18 Å². The highest BCUT2D eigenvalue weighted by atomic mass is 19.4. The van der Waals surface area contributed by atoms with E-state index in [9.17, 15) is 22.0 Å². The molecule has 0 aliphatic heterocycles. The van der Waals surface area contributed by atoms with Crippen LogP contribution in [0.4, 0.5) is 22.0 Å². The van der Waals surface area contributed by atoms with Crippen molar-refractivity contribution in [2.45, 2.75) is 26.9 Å². The van der Waals surface area contributed by atoms with Gasteiger partial charge in [0.25, 0.3) is 0 Å². The zero-order valence-corrected chi connectivity index (χ0v) is 11.7. The fourth-order valence-corrected chi connectivity index (χ4v) is 2.56. The zero-order valence-electron chi connectivity index (χ0n) is 11.7. The fourth-order valence-electron chi connectivity index (χ4n) is 2.56. The number of hydrogen-bond acceptors (Lipinski definition) is 0. The van der Waals surface area contributed by atoms with E-state index in [1.807, 2.05) is 6.92 Å². The largest absolute Gasteiger partial charge is 0.419 e. The minimum atomic E-state index is -4.86. The second-order valence-corrected chi connectivity index (χ2v) is 5.08. The first kappa shape index (κ1) is 15.5. The highest BCUT2D eigenvalue weighted by Crippen LogP contribution is 2.37. The predicted molar refractivity (Wildman–Crippen MR) is 71.0 cm³/mol. The lowest BCUT2D eigenvalue weighted by Gasteiger charge is -2.15. The van der Waals surface area contributed by atoms with Crippen LogP contribution < -0.4 is 0 Å². The van der Waals surface area contributed by atoms with E-state index in [0.29, 0.717) is 22.8 Å². The van der Waals surface area contributed by atoms with Gasteiger partial charge in [-0.05, 0) is 43.5 Å². The molecule has 0 aliphatic rings. The first-order valence-corrected chi connectivity index (χ1v) is 6.25. The molecule has 0 heterocycles. The van der Waals surface area contributed by atoms with Crippen molar-refractivity contribution >= 4 is 0 Å². The molecule has 0 saturated heterocycles. The molecule has 0 amide bonds. The summed E-state index contributed by atoms with van der Waals surface area (Å²) in [6.45, 7) is 5.21. The summed E-state index contributed by atoms with van der Waals surface area (Å²) in [5.41, 5.74) is 0.880. The lowest BCUT2D eigenvalue weighted by Crippen LogP contribution is -2.09. The Bertz CT molecular complexity index is 676. The summed E-state index contributed by atoms with van der Waals surface area (Å²) < 4.78 is 65.6. The van der Waals surface area contributed by atoms with Crippen molar-refractivity contribution in [1.29, 1.82) is 0 Å². The van der Waals surface area contributed by atoms with Crippen molar-refractivity contribution in [3.8, 4) is 11.1 Å². The molecule has 5 heteroatoms. The van der Waals surface area contributed by atoms with Crippen molar-refractivity contribution in [3.05, 3.63) is 58.2 Å². The van der Waals surface area contributed by atoms with Gasteiger partial charge in [0.15, 0.2) is 0 Å². The molecule has 0 unspecified atom stereocenters. The van der Waals surface area contributed by atoms with Crippen LogP contribution in [-0.2, 0) is 6.18 Å². The first-order chi connectivity index (χ1) is 9.61. The number of alkyl halides is 3. The van der Waals surface area contributed by atoms with Crippen LogP contribution in [0.1, 0.15) is 22.3 Å². The van der Waals surface area contributed by atoms with E-state index in [4.69, 9.17) is 0 Å². The first-order valence-electron chi connectivity index (χ1n) is 6.25. The summed E-state index contributed by atoms with van der Waals surface area (Å²) in [5, 5.41) is 0. The summed E-state index contributed by atoms with van der Waals surface area (Å²) in [7, 11) is 0. The molecule has 2 rings (SSSR count). The van der Waals surface area contributed by atoms with Crippen molar-refractivity contribution < 1.29 is 22.0 Å². The second kappa shape index (κ2) is 5.13. The summed E-state index contributed by atoms with van der Waals surface area (Å²) in [6.07, 6.45) is -4.86. The Labute approximate surface area is 119 Å². The third-order valence-electron chi connectivity index (χ3n) is 3.31. The average molecular weight is 300 g/mol. The average Bonchev–Trinajstić information content (AvgIpc) is 2.28. The lowest BCUT2D eigenvalue weighted by atomic mass is 9.92. The van der Waals surface area contributed by atoms with Gasteiger partial charge < -0.3 is 0 Å². The molecule has 2 aromatic rings. The molecule has 0 aliphatic carbocycles. The van der Waals surface area contributed by atoms with E-state index in [0.717, 1.165) is 5.56 Å². The van der Waals surface area contributed by atoms with Crippen LogP contribution in [0.25, 0.3) is 11.1 Å². The molecule has 0 N–H and O–H groups in total. The summed E-state index contributed by atoms with van der Waals surface area (Å²) in [5.74, 6) is -2.61. The molecule has 21 heavy (non-hydrogen) atoms. The second-order valence-electron chi connectivity index (χ2n) is 5.08. The van der Waals surface area contributed by atoms with Gasteiger partial charge in [0.2, 0.25) is 0 Å². The van der Waals surface area contributed by atoms with Gasteiger partial charge in [-0.25, -0.2) is 8.78 Å². The molecule has 0 spiro atoms. The van der Waals surface area contributed by atoms with E-state index in [1.165, 1.54) is 0 Å². The maximum absolute atomic E-state index is 14.0. The molecule has 0 saturated carbocycles. The van der Waals surface area contributed by atoms with Crippen LogP contribution in [0, 0.1) is 32.4 Å². The standard InChI is InChI=1S/C16H13F5/c1-8-4-9(2)15(10(3)5-8)11-6-12(16(19,20)21)14(18)7-13(11)17/h4-7H,1-3H3. The number of benzene rings is 2. The highest BCUT2D eigenvalue weighted by molar-refractivity contribution is 5.72. The molecule has 0 nitrogen and oxygen atoms in total. The monoisotopic (exact) mass is 300 g/mol. The summed E-state index contributed by atoms with van der Waals surface area (Å²) in [4.78, 5) is 0. The van der Waals surface area contributed by atoms with Crippen LogP contribution in [0.15, 0.2) is 24.3 Å². The van der Waals surface area contributed by atoms with Crippen LogP contribution >= 0.6 is 0 Å². The molecular formula is C16H13F5. The lowest BCUT2D eigenvalue weighted by molar-refractivity contribution is -0.140. The van der Waals surface area contributed by atoms with Gasteiger partial charge in [-0.2, -0.15) is 13.2 Å². The molecular weight excluding hydrogens is 287 g/mol. The van der Waals surface area contributed by atoms with Crippen molar-refractivity contribution in [1.82, 2.24) is 0 Å². The number of hydrogen-bond donors (Lipinski definition) is 0. The van der Waals surface area contributed by atoms with Gasteiger partial charge in [-0.3, -0.25) is 0 Å². The summed E-state index contributed by atoms with van der Waals surface area (Å²) >= 11 is 0. The Balaban J connectivity index is 2.76. The van der Waals surface area contributed by atoms with Crippen LogP contribution in [-0.4, -0.2) is 0 Å². The molecule has 0 atom stereocenters. The normalized spacial score (nSPS) is 11.8. The van der Waals surface area contributed by atoms with E-state index < -0.39 is 23.4 Å². The van der Waals surface area contributed by atoms with Gasteiger partial charge in [0.1, 0.15) is 11.6 Å². The van der Waals surface area contributed by atoms with Crippen LogP contribution in [0.5, 0.6) is 0 Å². The number of rotatable bonds is 1. The predicted octanol–water partition coefficient (Wildman–Crippen LogP) is 5.58. The Morgan fingerprint density at radius 3 is 1.76 bits per heavy atom. The summed E-state index contributed by atoms with van der Waals surface area (Å²) in [6, 6.07) is 4.32. The Hall–Kier alpha value is -1.91. The third-order valence-corrected chi connectivity index (χ3v) is 3.31. The van der Waals surface area contributed by atoms with Crippen molar-refractivity contribution in [2.75, 3.05) is 0 Å². The smallest absolute Gasteiger partial charge is 0.206 e. The Morgan fingerprint density at radius 1 is 0.762 bits per heavy atom. The van der Waals surface area contributed by atoms with Crippen molar-refractivity contribution in [2.24, 2.45) is 0 Å². The zero-order chi connectivity index (χ0) is 15.9. The molecule has 0 radical (unpaired) electrons. The minimum Gasteiger partial charge on any atom is -0.206 e. The fraction of sp³-hybridized carbons (Fsp3) is 0.250. The topological polar surface area (TPSA) is 0 Å². The molecule has 0 bridgehead atoms. The van der Waals surface area contributed by atoms with Crippen molar-refractivity contribution in [3.63, 3.8) is 0 Å². The SMILES string of the molecule is Cc1cc(C)c(-c2cc(C(F)(F)F)c(F)cc2F)c(C)c1. The Kier molecular flexibility index (Phi) is 3.78. The highest BCUT2D eigenvalue weighted by Gasteiger charge is 2.35. The van der Waals surface area contributed by atoms with Gasteiger partial charge in [-0.1, -0.05) is 17.7 Å². The maximum atomic E-state index is 14.0. The van der Waals surface area contributed by atoms with E-state index >= 15 is 0 Å². The Morgan fingerprint density at radius 2 is 1.29 bits per heavy atom. The van der Waals surface area contributed by atoms with Gasteiger partial charge in [0, 0.05) is 11.6 Å². The van der Waals surface area contributed by atoms with Gasteiger partial charge in [0.05, 0.1) is 5.56 Å². The van der Waals surface area contributed by atoms with E-state index in [2.05, 4.69) is 0 Å². The van der Waals surface area contributed by atoms with E-state index in [1.54, 1.807) is 26.0 Å². The molecule has 0 fully saturated rings. The molecule has 0 aromatic heterocycles. The quantitative estimate of drug-likeness (QED) is 0.603. The van der Waals surface area contributed by atoms with E-state index in [-0.39, 0.29) is 11.6 Å². The third kappa shape index (κ3) is 2.91. The number of aryl methyl sites for hydroxylation is 3. The minimum absolute atomic E-state index is 0.237. The van der Waals surface area contributed by atoms with Crippen LogP contribution in [0.2, 0.25) is 0 Å². The van der Waals surface area contributed by atoms with Gasteiger partial charge in [-0.15, -0.1) is 0 Å². The molecule has 112 valence electrons. The number of halogens is 5.